The molecule has 0 radical (unpaired) electrons. The summed E-state index contributed by atoms with van der Waals surface area (Å²) < 4.78 is 32.0. The highest BCUT2D eigenvalue weighted by molar-refractivity contribution is 9.10. The summed E-state index contributed by atoms with van der Waals surface area (Å²) in [6, 6.07) is 11.4. The number of aryl methyl sites for hydroxylation is 1. The smallest absolute Gasteiger partial charge is 0.243 e. The number of amides is 1. The summed E-state index contributed by atoms with van der Waals surface area (Å²) in [6.07, 6.45) is 0. The third-order valence-corrected chi connectivity index (χ3v) is 5.91. The summed E-state index contributed by atoms with van der Waals surface area (Å²) in [5.74, 6) is 0.148. The number of benzene rings is 2. The van der Waals surface area contributed by atoms with Gasteiger partial charge >= 0.3 is 0 Å². The minimum Gasteiger partial charge on any atom is -0.497 e. The number of anilines is 1. The van der Waals surface area contributed by atoms with Gasteiger partial charge in [-0.1, -0.05) is 15.9 Å². The van der Waals surface area contributed by atoms with E-state index in [9.17, 15) is 13.2 Å². The molecule has 25 heavy (non-hydrogen) atoms. The third-order valence-electron chi connectivity index (χ3n) is 3.60. The van der Waals surface area contributed by atoms with E-state index in [0.717, 1.165) is 14.3 Å². The Morgan fingerprint density at radius 1 is 1.20 bits per heavy atom. The number of hydrogen-bond acceptors (Lipinski definition) is 4. The molecule has 1 amide bonds. The van der Waals surface area contributed by atoms with Crippen molar-refractivity contribution in [2.24, 2.45) is 0 Å². The molecule has 0 aromatic heterocycles. The van der Waals surface area contributed by atoms with Crippen molar-refractivity contribution in [3.8, 4) is 5.75 Å². The molecule has 0 atom stereocenters. The van der Waals surface area contributed by atoms with Crippen LogP contribution >= 0.6 is 15.9 Å². The van der Waals surface area contributed by atoms with E-state index < -0.39 is 15.9 Å². The summed E-state index contributed by atoms with van der Waals surface area (Å²) >= 11 is 3.36. The fraction of sp³-hybridized carbons (Fsp3) is 0.235. The fourth-order valence-electron chi connectivity index (χ4n) is 2.17. The molecule has 0 aliphatic carbocycles. The number of ether oxygens (including phenoxy) is 1. The maximum atomic E-state index is 12.5. The number of nitrogens with one attached hydrogen (secondary N) is 1. The van der Waals surface area contributed by atoms with Crippen LogP contribution < -0.4 is 10.1 Å². The average molecular weight is 427 g/mol. The molecule has 0 bridgehead atoms. The van der Waals surface area contributed by atoms with E-state index in [0.29, 0.717) is 11.4 Å². The van der Waals surface area contributed by atoms with Crippen LogP contribution in [-0.2, 0) is 14.8 Å². The van der Waals surface area contributed by atoms with Crippen molar-refractivity contribution in [1.82, 2.24) is 4.31 Å². The Bertz CT molecular complexity index is 867. The van der Waals surface area contributed by atoms with Crippen LogP contribution in [0.1, 0.15) is 5.56 Å². The summed E-state index contributed by atoms with van der Waals surface area (Å²) in [5.41, 5.74) is 1.52. The first-order valence-corrected chi connectivity index (χ1v) is 9.63. The molecule has 2 rings (SSSR count). The SMILES string of the molecule is COc1ccc(S(=O)(=O)N(C)CC(=O)Nc2ccc(Br)cc2C)cc1. The Kier molecular flexibility index (Phi) is 6.21. The molecule has 0 spiro atoms. The molecule has 1 N–H and O–H groups in total. The molecule has 0 aliphatic rings. The van der Waals surface area contributed by atoms with Crippen molar-refractivity contribution < 1.29 is 17.9 Å². The summed E-state index contributed by atoms with van der Waals surface area (Å²) in [7, 11) is -0.886. The monoisotopic (exact) mass is 426 g/mol. The summed E-state index contributed by atoms with van der Waals surface area (Å²) in [6.45, 7) is 1.57. The number of carbonyl (C=O) groups is 1. The number of nitrogens with zero attached hydrogens (tertiary/aromatic N) is 1. The highest BCUT2D eigenvalue weighted by Crippen LogP contribution is 2.21. The van der Waals surface area contributed by atoms with E-state index in [1.165, 1.54) is 26.3 Å². The molecule has 2 aromatic rings. The minimum atomic E-state index is -3.76. The predicted octanol–water partition coefficient (Wildman–Crippen LogP) is 3.03. The first kappa shape index (κ1) is 19.4. The first-order chi connectivity index (χ1) is 11.7. The molecule has 0 aliphatic heterocycles. The second-order valence-electron chi connectivity index (χ2n) is 5.44. The van der Waals surface area contributed by atoms with Gasteiger partial charge in [-0.2, -0.15) is 4.31 Å². The molecule has 0 saturated heterocycles. The van der Waals surface area contributed by atoms with Gasteiger partial charge in [-0.25, -0.2) is 8.42 Å². The molecule has 6 nitrogen and oxygen atoms in total. The number of carbonyl (C=O) groups excluding carboxylic acids is 1. The highest BCUT2D eigenvalue weighted by atomic mass is 79.9. The largest absolute Gasteiger partial charge is 0.497 e. The number of sulfonamides is 1. The van der Waals surface area contributed by atoms with Gasteiger partial charge in [0.2, 0.25) is 15.9 Å². The molecule has 8 heteroatoms. The van der Waals surface area contributed by atoms with Gasteiger partial charge in [0.25, 0.3) is 0 Å². The van der Waals surface area contributed by atoms with Crippen LogP contribution in [0.3, 0.4) is 0 Å². The van der Waals surface area contributed by atoms with Crippen molar-refractivity contribution >= 4 is 37.5 Å². The van der Waals surface area contributed by atoms with Gasteiger partial charge in [-0.05, 0) is 55.0 Å². The Labute approximate surface area is 156 Å². The van der Waals surface area contributed by atoms with Crippen molar-refractivity contribution in [3.05, 3.63) is 52.5 Å². The van der Waals surface area contributed by atoms with Crippen LogP contribution in [0.4, 0.5) is 5.69 Å². The van der Waals surface area contributed by atoms with Gasteiger partial charge in [-0.15, -0.1) is 0 Å². The Hall–Kier alpha value is -1.90. The standard InChI is InChI=1S/C17H19BrN2O4S/c1-12-10-13(18)4-9-16(12)19-17(21)11-20(2)25(22,23)15-7-5-14(24-3)6-8-15/h4-10H,11H2,1-3H3,(H,19,21). The lowest BCUT2D eigenvalue weighted by molar-refractivity contribution is -0.116. The third kappa shape index (κ3) is 4.81. The Morgan fingerprint density at radius 2 is 1.84 bits per heavy atom. The lowest BCUT2D eigenvalue weighted by atomic mass is 10.2. The van der Waals surface area contributed by atoms with Crippen LogP contribution in [0.2, 0.25) is 0 Å². The Morgan fingerprint density at radius 3 is 2.40 bits per heavy atom. The number of hydrogen-bond donors (Lipinski definition) is 1. The van der Waals surface area contributed by atoms with Gasteiger partial charge in [0.05, 0.1) is 18.6 Å². The molecule has 134 valence electrons. The normalized spacial score (nSPS) is 11.4. The molecule has 0 fully saturated rings. The van der Waals surface area contributed by atoms with Crippen LogP contribution in [-0.4, -0.2) is 39.3 Å². The van der Waals surface area contributed by atoms with E-state index in [-0.39, 0.29) is 11.4 Å². The van der Waals surface area contributed by atoms with Gasteiger partial charge in [-0.3, -0.25) is 4.79 Å². The number of halogens is 1. The van der Waals surface area contributed by atoms with Gasteiger partial charge in [0.15, 0.2) is 0 Å². The second kappa shape index (κ2) is 7.99. The zero-order valence-electron chi connectivity index (χ0n) is 14.1. The van der Waals surface area contributed by atoms with Gasteiger partial charge < -0.3 is 10.1 Å². The summed E-state index contributed by atoms with van der Waals surface area (Å²) in [4.78, 5) is 12.3. The van der Waals surface area contributed by atoms with Crippen LogP contribution in [0.15, 0.2) is 51.8 Å². The average Bonchev–Trinajstić information content (AvgIpc) is 2.57. The zero-order valence-corrected chi connectivity index (χ0v) is 16.5. The summed E-state index contributed by atoms with van der Waals surface area (Å²) in [5, 5.41) is 2.72. The van der Waals surface area contributed by atoms with Crippen LogP contribution in [0, 0.1) is 6.92 Å². The van der Waals surface area contributed by atoms with Crippen molar-refractivity contribution in [2.75, 3.05) is 26.0 Å². The van der Waals surface area contributed by atoms with E-state index in [1.807, 2.05) is 13.0 Å². The molecular formula is C17H19BrN2O4S. The molecule has 0 unspecified atom stereocenters. The minimum absolute atomic E-state index is 0.100. The van der Waals surface area contributed by atoms with E-state index in [1.54, 1.807) is 24.3 Å². The molecule has 0 heterocycles. The number of methoxy groups -OCH3 is 1. The van der Waals surface area contributed by atoms with E-state index in [4.69, 9.17) is 4.74 Å². The number of rotatable bonds is 6. The van der Waals surface area contributed by atoms with Gasteiger partial charge in [0.1, 0.15) is 5.75 Å². The first-order valence-electron chi connectivity index (χ1n) is 7.40. The molecule has 0 saturated carbocycles. The maximum absolute atomic E-state index is 12.5. The zero-order chi connectivity index (χ0) is 18.6. The van der Waals surface area contributed by atoms with E-state index in [2.05, 4.69) is 21.2 Å². The fourth-order valence-corrected chi connectivity index (χ4v) is 3.77. The van der Waals surface area contributed by atoms with E-state index >= 15 is 0 Å². The quantitative estimate of drug-likeness (QED) is 0.769. The number of likely N-dealkylation sites (N-methyl/N-ethyl adjacent to an activating group) is 1. The lowest BCUT2D eigenvalue weighted by Gasteiger charge is -2.17. The van der Waals surface area contributed by atoms with Crippen molar-refractivity contribution in [2.45, 2.75) is 11.8 Å². The predicted molar refractivity (Wildman–Crippen MR) is 100 cm³/mol. The highest BCUT2D eigenvalue weighted by Gasteiger charge is 2.23. The van der Waals surface area contributed by atoms with Gasteiger partial charge in [0, 0.05) is 17.2 Å². The van der Waals surface area contributed by atoms with Crippen LogP contribution in [0.5, 0.6) is 5.75 Å². The lowest BCUT2D eigenvalue weighted by Crippen LogP contribution is -2.35. The second-order valence-corrected chi connectivity index (χ2v) is 8.40. The topological polar surface area (TPSA) is 75.7 Å². The van der Waals surface area contributed by atoms with Crippen molar-refractivity contribution in [3.63, 3.8) is 0 Å². The molecule has 2 aromatic carbocycles. The van der Waals surface area contributed by atoms with Crippen LogP contribution in [0.25, 0.3) is 0 Å². The Balaban J connectivity index is 2.08. The molecular weight excluding hydrogens is 408 g/mol. The maximum Gasteiger partial charge on any atom is 0.243 e. The van der Waals surface area contributed by atoms with Crippen molar-refractivity contribution in [1.29, 1.82) is 0 Å².